The number of anilines is 2. The summed E-state index contributed by atoms with van der Waals surface area (Å²) in [7, 11) is 0. The van der Waals surface area contributed by atoms with Gasteiger partial charge in [0.05, 0.1) is 5.52 Å². The number of nitrogens with zero attached hydrogens (tertiary/aromatic N) is 5. The lowest BCUT2D eigenvalue weighted by Crippen LogP contribution is -2.51. The third-order valence-corrected chi connectivity index (χ3v) is 6.29. The maximum absolute atomic E-state index is 14.0. The zero-order valence-corrected chi connectivity index (χ0v) is 21.9. The van der Waals surface area contributed by atoms with Gasteiger partial charge in [0.15, 0.2) is 0 Å². The van der Waals surface area contributed by atoms with Gasteiger partial charge in [-0.25, -0.2) is 4.68 Å². The highest BCUT2D eigenvalue weighted by Gasteiger charge is 2.35. The molecule has 1 atom stereocenters. The average Bonchev–Trinajstić information content (AvgIpc) is 3.30. The maximum Gasteiger partial charge on any atom is 0.249 e. The minimum atomic E-state index is -1.01. The van der Waals surface area contributed by atoms with Crippen molar-refractivity contribution in [3.8, 4) is 0 Å². The molecule has 10 nitrogen and oxygen atoms in total. The van der Waals surface area contributed by atoms with Crippen molar-refractivity contribution in [2.75, 3.05) is 10.2 Å². The molecule has 0 aliphatic carbocycles. The van der Waals surface area contributed by atoms with Crippen LogP contribution in [0.2, 0.25) is 0 Å². The third kappa shape index (κ3) is 6.03. The fourth-order valence-corrected chi connectivity index (χ4v) is 4.03. The van der Waals surface area contributed by atoms with Gasteiger partial charge in [-0.15, -0.1) is 5.10 Å². The van der Waals surface area contributed by atoms with Crippen LogP contribution in [0.25, 0.3) is 11.0 Å². The maximum atomic E-state index is 14.0. The number of nitrogens with one attached hydrogen (secondary N) is 2. The van der Waals surface area contributed by atoms with Crippen molar-refractivity contribution in [3.05, 3.63) is 78.6 Å². The molecule has 10 heteroatoms. The van der Waals surface area contributed by atoms with Crippen molar-refractivity contribution in [2.24, 2.45) is 0 Å². The number of carbonyl (C=O) groups is 3. The summed E-state index contributed by atoms with van der Waals surface area (Å²) in [5.41, 5.74) is 2.48. The highest BCUT2D eigenvalue weighted by molar-refractivity contribution is 6.02. The fraction of sp³-hybridized carbons (Fsp3) is 0.286. The molecule has 0 aliphatic rings. The molecule has 0 bridgehead atoms. The quantitative estimate of drug-likeness (QED) is 0.350. The monoisotopic (exact) mass is 513 g/mol. The third-order valence-electron chi connectivity index (χ3n) is 6.29. The summed E-state index contributed by atoms with van der Waals surface area (Å²) in [4.78, 5) is 45.1. The first-order valence-electron chi connectivity index (χ1n) is 12.4. The molecule has 2 N–H and O–H groups in total. The predicted molar refractivity (Wildman–Crippen MR) is 145 cm³/mol. The van der Waals surface area contributed by atoms with E-state index in [2.05, 4.69) is 25.9 Å². The molecule has 1 unspecified atom stereocenters. The van der Waals surface area contributed by atoms with E-state index in [9.17, 15) is 14.4 Å². The zero-order chi connectivity index (χ0) is 27.3. The van der Waals surface area contributed by atoms with Crippen molar-refractivity contribution in [1.29, 1.82) is 0 Å². The Labute approximate surface area is 221 Å². The molecule has 0 spiro atoms. The number of carbonyl (C=O) groups excluding carboxylic acids is 3. The molecule has 2 aromatic carbocycles. The molecule has 0 fully saturated rings. The van der Waals surface area contributed by atoms with E-state index in [1.54, 1.807) is 48.8 Å². The number of fused-ring (bicyclic) bond motifs is 1. The van der Waals surface area contributed by atoms with Gasteiger partial charge in [-0.1, -0.05) is 30.3 Å². The highest BCUT2D eigenvalue weighted by atomic mass is 16.2. The van der Waals surface area contributed by atoms with Crippen LogP contribution in [-0.2, 0) is 20.9 Å². The summed E-state index contributed by atoms with van der Waals surface area (Å²) in [6.07, 6.45) is 3.90. The average molecular weight is 514 g/mol. The van der Waals surface area contributed by atoms with Crippen molar-refractivity contribution < 1.29 is 14.4 Å². The number of pyridine rings is 1. The molecule has 38 heavy (non-hydrogen) atoms. The summed E-state index contributed by atoms with van der Waals surface area (Å²) in [5.74, 6) is -0.919. The first-order chi connectivity index (χ1) is 18.2. The van der Waals surface area contributed by atoms with E-state index in [0.717, 1.165) is 0 Å². The van der Waals surface area contributed by atoms with E-state index in [4.69, 9.17) is 0 Å². The van der Waals surface area contributed by atoms with Crippen LogP contribution in [0.1, 0.15) is 45.7 Å². The molecule has 4 rings (SSSR count). The van der Waals surface area contributed by atoms with Crippen LogP contribution in [0.15, 0.2) is 73.1 Å². The molecular formula is C28H31N7O3. The van der Waals surface area contributed by atoms with Crippen molar-refractivity contribution in [1.82, 2.24) is 25.3 Å². The summed E-state index contributed by atoms with van der Waals surface area (Å²) in [6.45, 7) is 7.13. The first-order valence-corrected chi connectivity index (χ1v) is 12.4. The number of benzene rings is 2. The van der Waals surface area contributed by atoms with Gasteiger partial charge in [0.25, 0.3) is 0 Å². The Morgan fingerprint density at radius 1 is 1.03 bits per heavy atom. The van der Waals surface area contributed by atoms with E-state index in [-0.39, 0.29) is 24.3 Å². The van der Waals surface area contributed by atoms with E-state index in [1.165, 1.54) is 16.5 Å². The number of hydrogen-bond donors (Lipinski definition) is 2. The number of para-hydroxylation sites is 1. The molecule has 2 heterocycles. The van der Waals surface area contributed by atoms with Crippen LogP contribution in [-0.4, -0.2) is 43.2 Å². The summed E-state index contributed by atoms with van der Waals surface area (Å²) in [6, 6.07) is 16.6. The second-order valence-corrected chi connectivity index (χ2v) is 9.64. The van der Waals surface area contributed by atoms with Gasteiger partial charge < -0.3 is 10.6 Å². The molecule has 2 aromatic heterocycles. The minimum Gasteiger partial charge on any atom is -0.349 e. The van der Waals surface area contributed by atoms with Crippen molar-refractivity contribution in [3.63, 3.8) is 0 Å². The van der Waals surface area contributed by atoms with Gasteiger partial charge in [0.2, 0.25) is 17.7 Å². The molecule has 0 saturated carbocycles. The van der Waals surface area contributed by atoms with Crippen LogP contribution in [0, 0.1) is 0 Å². The number of rotatable bonds is 9. The van der Waals surface area contributed by atoms with Crippen LogP contribution < -0.4 is 15.5 Å². The van der Waals surface area contributed by atoms with Crippen LogP contribution in [0.5, 0.6) is 0 Å². The normalized spacial score (nSPS) is 12.1. The smallest absolute Gasteiger partial charge is 0.249 e. The van der Waals surface area contributed by atoms with Gasteiger partial charge >= 0.3 is 0 Å². The van der Waals surface area contributed by atoms with Crippen LogP contribution in [0.3, 0.4) is 0 Å². The Bertz CT molecular complexity index is 1430. The van der Waals surface area contributed by atoms with E-state index >= 15 is 0 Å². The number of aromatic nitrogens is 4. The van der Waals surface area contributed by atoms with E-state index < -0.39 is 11.6 Å². The lowest BCUT2D eigenvalue weighted by molar-refractivity contribution is -0.128. The minimum absolute atomic E-state index is 0.144. The largest absolute Gasteiger partial charge is 0.349 e. The van der Waals surface area contributed by atoms with Crippen LogP contribution in [0.4, 0.5) is 11.4 Å². The Morgan fingerprint density at radius 2 is 1.76 bits per heavy atom. The second kappa shape index (κ2) is 11.2. The van der Waals surface area contributed by atoms with Crippen molar-refractivity contribution >= 4 is 40.1 Å². The predicted octanol–water partition coefficient (Wildman–Crippen LogP) is 3.86. The summed E-state index contributed by atoms with van der Waals surface area (Å²) < 4.78 is 1.52. The van der Waals surface area contributed by atoms with Gasteiger partial charge in [-0.2, -0.15) is 0 Å². The molecule has 3 amide bonds. The molecule has 0 radical (unpaired) electrons. The SMILES string of the molecule is CCC(C)(C)NC(=O)C(c1cccnc1)N(C(=O)Cn1nnc2ccccc21)c1ccc(NC(C)=O)cc1. The molecule has 0 saturated heterocycles. The Morgan fingerprint density at radius 3 is 2.42 bits per heavy atom. The lowest BCUT2D eigenvalue weighted by atomic mass is 9.99. The standard InChI is InChI=1S/C28H31N7O3/c1-5-28(3,4)31-27(38)26(20-9-8-16-29-17-20)35(22-14-12-21(13-15-22)30-19(2)36)25(37)18-34-24-11-7-6-10-23(24)32-33-34/h6-17,26H,5,18H2,1-4H3,(H,30,36)(H,31,38). The highest BCUT2D eigenvalue weighted by Crippen LogP contribution is 2.30. The first kappa shape index (κ1) is 26.5. The van der Waals surface area contributed by atoms with Gasteiger partial charge in [0.1, 0.15) is 18.1 Å². The summed E-state index contributed by atoms with van der Waals surface area (Å²) >= 11 is 0. The van der Waals surface area contributed by atoms with Gasteiger partial charge in [0, 0.05) is 41.8 Å². The van der Waals surface area contributed by atoms with E-state index in [0.29, 0.717) is 34.4 Å². The lowest BCUT2D eigenvalue weighted by Gasteiger charge is -2.34. The van der Waals surface area contributed by atoms with Gasteiger partial charge in [-0.3, -0.25) is 24.3 Å². The number of amides is 3. The van der Waals surface area contributed by atoms with Crippen LogP contribution >= 0.6 is 0 Å². The van der Waals surface area contributed by atoms with E-state index in [1.807, 2.05) is 45.0 Å². The topological polar surface area (TPSA) is 122 Å². The fourth-order valence-electron chi connectivity index (χ4n) is 4.03. The van der Waals surface area contributed by atoms with Gasteiger partial charge in [-0.05, 0) is 62.7 Å². The molecule has 4 aromatic rings. The Hall–Kier alpha value is -4.60. The molecule has 196 valence electrons. The Balaban J connectivity index is 1.80. The van der Waals surface area contributed by atoms with Crippen molar-refractivity contribution in [2.45, 2.75) is 52.2 Å². The zero-order valence-electron chi connectivity index (χ0n) is 21.9. The molecule has 0 aliphatic heterocycles. The number of hydrogen-bond acceptors (Lipinski definition) is 6. The molecular weight excluding hydrogens is 482 g/mol. The summed E-state index contributed by atoms with van der Waals surface area (Å²) in [5, 5.41) is 14.1. The second-order valence-electron chi connectivity index (χ2n) is 9.64. The Kier molecular flexibility index (Phi) is 7.80.